The van der Waals surface area contributed by atoms with Gasteiger partial charge in [0.15, 0.2) is 5.78 Å². The molecule has 1 aromatic carbocycles. The maximum atomic E-state index is 14.2. The Hall–Kier alpha value is -2.51. The third-order valence-corrected chi connectivity index (χ3v) is 17.5. The first-order valence-corrected chi connectivity index (χ1v) is 22.6. The molecule has 4 saturated carbocycles. The second-order valence-corrected chi connectivity index (χ2v) is 23.0. The molecule has 4 fully saturated rings. The average molecular weight is 786 g/mol. The zero-order chi connectivity index (χ0) is 41.7. The van der Waals surface area contributed by atoms with Crippen LogP contribution in [0.15, 0.2) is 35.4 Å². The summed E-state index contributed by atoms with van der Waals surface area (Å²) in [6, 6.07) is 8.71. The quantitative estimate of drug-likeness (QED) is 0.262. The van der Waals surface area contributed by atoms with Gasteiger partial charge >= 0.3 is 11.9 Å². The molecule has 1 heterocycles. The molecule has 1 aliphatic heterocycles. The van der Waals surface area contributed by atoms with Gasteiger partial charge in [0.2, 0.25) is 0 Å². The number of carbonyl (C=O) groups is 3. The molecule has 6 aliphatic rings. The van der Waals surface area contributed by atoms with Crippen molar-refractivity contribution in [3.8, 4) is 0 Å². The van der Waals surface area contributed by atoms with Crippen LogP contribution in [0.4, 0.5) is 0 Å². The third-order valence-electron chi connectivity index (χ3n) is 17.5. The molecule has 0 aromatic heterocycles. The minimum absolute atomic E-state index is 0.00420. The molecule has 9 atom stereocenters. The highest BCUT2D eigenvalue weighted by atomic mass is 16.6. The number of aliphatic hydroxyl groups excluding tert-OH is 1. The first kappa shape index (κ1) is 42.6. The number of fused-ring (bicyclic) bond motifs is 8. The van der Waals surface area contributed by atoms with Gasteiger partial charge in [-0.25, -0.2) is 0 Å². The molecule has 0 bridgehead atoms. The van der Waals surface area contributed by atoms with Crippen LogP contribution >= 0.6 is 0 Å². The topological polar surface area (TPSA) is 93.1 Å². The van der Waals surface area contributed by atoms with Crippen molar-refractivity contribution in [1.29, 1.82) is 0 Å². The van der Waals surface area contributed by atoms with Gasteiger partial charge < -0.3 is 14.6 Å². The van der Waals surface area contributed by atoms with Crippen molar-refractivity contribution >= 4 is 17.7 Å². The van der Waals surface area contributed by atoms with Gasteiger partial charge in [0, 0.05) is 36.9 Å². The van der Waals surface area contributed by atoms with Gasteiger partial charge in [-0.15, -0.1) is 0 Å². The molecule has 0 amide bonds. The number of ether oxygens (including phenoxy) is 2. The number of rotatable bonds is 8. The maximum absolute atomic E-state index is 14.2. The average Bonchev–Trinajstić information content (AvgIpc) is 3.42. The summed E-state index contributed by atoms with van der Waals surface area (Å²) in [5.41, 5.74) is 3.04. The maximum Gasteiger partial charge on any atom is 0.312 e. The number of nitrogens with zero attached hydrogens (tertiary/aromatic N) is 1. The second kappa shape index (κ2) is 14.3. The molecule has 57 heavy (non-hydrogen) atoms. The number of β-amino-alcohol motifs (C(OH)–C–C–N with tert-alkyl or cyclic N) is 1. The van der Waals surface area contributed by atoms with Crippen LogP contribution in [-0.2, 0) is 36.8 Å². The van der Waals surface area contributed by atoms with E-state index in [0.717, 1.165) is 76.5 Å². The van der Waals surface area contributed by atoms with Crippen LogP contribution in [0, 0.1) is 56.2 Å². The fraction of sp³-hybridized carbons (Fsp3) is 0.780. The summed E-state index contributed by atoms with van der Waals surface area (Å²) in [6.45, 7) is 28.3. The first-order chi connectivity index (χ1) is 26.4. The highest BCUT2D eigenvalue weighted by molar-refractivity contribution is 6.00. The Bertz CT molecular complexity index is 1800. The van der Waals surface area contributed by atoms with Crippen molar-refractivity contribution in [3.05, 3.63) is 46.5 Å². The summed E-state index contributed by atoms with van der Waals surface area (Å²) in [5.74, 6) is 0.909. The highest BCUT2D eigenvalue weighted by Crippen LogP contribution is 2.77. The minimum atomic E-state index is -0.972. The summed E-state index contributed by atoms with van der Waals surface area (Å²) in [7, 11) is 0. The van der Waals surface area contributed by atoms with Gasteiger partial charge in [-0.1, -0.05) is 78.3 Å². The van der Waals surface area contributed by atoms with Crippen LogP contribution in [0.1, 0.15) is 158 Å². The van der Waals surface area contributed by atoms with Crippen LogP contribution in [0.3, 0.4) is 0 Å². The van der Waals surface area contributed by atoms with Crippen molar-refractivity contribution in [2.75, 3.05) is 13.1 Å². The van der Waals surface area contributed by atoms with E-state index in [2.05, 4.69) is 77.6 Å². The fourth-order valence-electron chi connectivity index (χ4n) is 14.5. The zero-order valence-electron chi connectivity index (χ0n) is 37.6. The van der Waals surface area contributed by atoms with Crippen molar-refractivity contribution in [3.63, 3.8) is 0 Å². The molecule has 5 aliphatic carbocycles. The fourth-order valence-corrected chi connectivity index (χ4v) is 14.5. The Balaban J connectivity index is 1.12. The summed E-state index contributed by atoms with van der Waals surface area (Å²) in [4.78, 5) is 43.2. The minimum Gasteiger partial charge on any atom is -0.462 e. The van der Waals surface area contributed by atoms with Crippen molar-refractivity contribution in [2.24, 2.45) is 56.2 Å². The predicted octanol–water partition coefficient (Wildman–Crippen LogP) is 10.1. The van der Waals surface area contributed by atoms with E-state index in [1.54, 1.807) is 13.8 Å². The van der Waals surface area contributed by atoms with E-state index in [1.807, 2.05) is 20.8 Å². The van der Waals surface area contributed by atoms with E-state index < -0.39 is 22.5 Å². The molecule has 7 rings (SSSR count). The van der Waals surface area contributed by atoms with Crippen molar-refractivity contribution in [1.82, 2.24) is 4.90 Å². The van der Waals surface area contributed by atoms with Crippen molar-refractivity contribution < 1.29 is 29.0 Å². The molecule has 7 nitrogen and oxygen atoms in total. The Morgan fingerprint density at radius 1 is 0.877 bits per heavy atom. The summed E-state index contributed by atoms with van der Waals surface area (Å²) >= 11 is 0. The van der Waals surface area contributed by atoms with Crippen LogP contribution < -0.4 is 0 Å². The van der Waals surface area contributed by atoms with E-state index in [9.17, 15) is 19.5 Å². The zero-order valence-corrected chi connectivity index (χ0v) is 37.6. The molecule has 0 spiro atoms. The lowest BCUT2D eigenvalue weighted by Crippen LogP contribution is -2.66. The molecular formula is C50H75NO6. The molecule has 0 saturated heterocycles. The van der Waals surface area contributed by atoms with Crippen LogP contribution in [0.5, 0.6) is 0 Å². The molecule has 9 unspecified atom stereocenters. The highest BCUT2D eigenvalue weighted by Gasteiger charge is 2.71. The first-order valence-electron chi connectivity index (χ1n) is 22.6. The molecule has 7 heteroatoms. The van der Waals surface area contributed by atoms with Crippen LogP contribution in [-0.4, -0.2) is 58.6 Å². The molecule has 1 N–H and O–H groups in total. The number of Topliss-reactive ketones (excluding diaryl/α,β-unsaturated/α-hetero) is 1. The van der Waals surface area contributed by atoms with E-state index in [1.165, 1.54) is 16.7 Å². The number of esters is 2. The molecule has 1 aromatic rings. The van der Waals surface area contributed by atoms with Gasteiger partial charge in [-0.3, -0.25) is 19.3 Å². The molecule has 0 radical (unpaired) electrons. The molecule has 316 valence electrons. The number of benzene rings is 1. The summed E-state index contributed by atoms with van der Waals surface area (Å²) < 4.78 is 12.0. The third kappa shape index (κ3) is 6.89. The lowest BCUT2D eigenvalue weighted by molar-refractivity contribution is -0.235. The summed E-state index contributed by atoms with van der Waals surface area (Å²) in [5, 5.41) is 12.5. The summed E-state index contributed by atoms with van der Waals surface area (Å²) in [6.07, 6.45) is 8.77. The number of hydrogen-bond acceptors (Lipinski definition) is 7. The molecular weight excluding hydrogens is 711 g/mol. The SMILES string of the molecule is CC(C)C1=C2C3CCC4C5(C)CCC(OC(=O)CC(C)(C)C(=O)OC(C)(C)C)C(C)(C)C5CCC4(C)C3(C)CCC2(C(O)CN2CCc3ccccc3C2)CC1=O. The van der Waals surface area contributed by atoms with E-state index in [0.29, 0.717) is 24.8 Å². The van der Waals surface area contributed by atoms with Gasteiger partial charge in [0.25, 0.3) is 0 Å². The van der Waals surface area contributed by atoms with Gasteiger partial charge in [0.1, 0.15) is 11.7 Å². The Kier molecular flexibility index (Phi) is 10.7. The number of hydrogen-bond donors (Lipinski definition) is 1. The van der Waals surface area contributed by atoms with Gasteiger partial charge in [-0.05, 0) is 149 Å². The Morgan fingerprint density at radius 3 is 2.23 bits per heavy atom. The standard InChI is InChI=1S/C50H75NO6/c1-31(2)41-35(52)27-50(38(53)30-51-26-21-32-15-13-14-16-33(32)29-51)25-24-48(11)34(42(41)50)17-18-37-47(10)22-20-39(46(8,9)36(47)19-23-49(37,48)12)56-40(54)28-45(6,7)43(55)57-44(3,4)5/h13-16,31,34,36-39,53H,17-30H2,1-12H3. The normalized spacial score (nSPS) is 37.1. The van der Waals surface area contributed by atoms with E-state index in [-0.39, 0.29) is 63.7 Å². The second-order valence-electron chi connectivity index (χ2n) is 23.0. The lowest BCUT2D eigenvalue weighted by atomic mass is 9.33. The van der Waals surface area contributed by atoms with Crippen LogP contribution in [0.2, 0.25) is 0 Å². The van der Waals surface area contributed by atoms with Gasteiger partial charge in [-0.2, -0.15) is 0 Å². The number of carbonyl (C=O) groups excluding carboxylic acids is 3. The van der Waals surface area contributed by atoms with Gasteiger partial charge in [0.05, 0.1) is 17.9 Å². The number of allylic oxidation sites excluding steroid dienone is 1. The van der Waals surface area contributed by atoms with Crippen molar-refractivity contribution in [2.45, 2.75) is 178 Å². The Morgan fingerprint density at radius 2 is 1.56 bits per heavy atom. The van der Waals surface area contributed by atoms with E-state index >= 15 is 0 Å². The van der Waals surface area contributed by atoms with Crippen LogP contribution in [0.25, 0.3) is 0 Å². The number of ketones is 1. The predicted molar refractivity (Wildman–Crippen MR) is 225 cm³/mol. The monoisotopic (exact) mass is 786 g/mol. The lowest BCUT2D eigenvalue weighted by Gasteiger charge is -2.72. The Labute approximate surface area is 344 Å². The smallest absolute Gasteiger partial charge is 0.312 e. The van der Waals surface area contributed by atoms with E-state index in [4.69, 9.17) is 9.47 Å². The number of aliphatic hydroxyl groups is 1. The largest absolute Gasteiger partial charge is 0.462 e.